The first-order chi connectivity index (χ1) is 19.1. The SMILES string of the molecule is CCCCc1cn(-c2c(CCC)cccc2OC)c(=O)n1Cc1ccc(-c2ccccc2-c2nnn[nH]2)cc1. The number of nitrogens with one attached hydrogen (secondary N) is 1. The number of hydrogen-bond donors (Lipinski definition) is 1. The van der Waals surface area contributed by atoms with Crippen LogP contribution in [0.4, 0.5) is 0 Å². The number of hydrogen-bond acceptors (Lipinski definition) is 5. The van der Waals surface area contributed by atoms with Crippen molar-refractivity contribution in [1.29, 1.82) is 0 Å². The molecule has 8 nitrogen and oxygen atoms in total. The van der Waals surface area contributed by atoms with E-state index in [2.05, 4.69) is 70.9 Å². The van der Waals surface area contributed by atoms with Crippen molar-refractivity contribution < 1.29 is 4.74 Å². The molecule has 0 aliphatic carbocycles. The van der Waals surface area contributed by atoms with Gasteiger partial charge in [-0.05, 0) is 58.0 Å². The molecule has 0 bridgehead atoms. The lowest BCUT2D eigenvalue weighted by atomic mass is 9.98. The molecule has 0 amide bonds. The van der Waals surface area contributed by atoms with E-state index >= 15 is 0 Å². The molecule has 200 valence electrons. The molecule has 0 atom stereocenters. The third-order valence-corrected chi connectivity index (χ3v) is 7.04. The van der Waals surface area contributed by atoms with Crippen molar-refractivity contribution in [2.45, 2.75) is 52.5 Å². The number of benzene rings is 3. The average molecular weight is 523 g/mol. The minimum absolute atomic E-state index is 0.0461. The molecule has 0 spiro atoms. The molecule has 3 aromatic carbocycles. The lowest BCUT2D eigenvalue weighted by molar-refractivity contribution is 0.411. The molecule has 1 N–H and O–H groups in total. The third-order valence-electron chi connectivity index (χ3n) is 7.04. The van der Waals surface area contributed by atoms with Crippen LogP contribution in [0.5, 0.6) is 5.75 Å². The molecule has 0 fully saturated rings. The number of methoxy groups -OCH3 is 1. The summed E-state index contributed by atoms with van der Waals surface area (Å²) in [6, 6.07) is 22.4. The van der Waals surface area contributed by atoms with E-state index in [9.17, 15) is 4.79 Å². The van der Waals surface area contributed by atoms with Gasteiger partial charge in [-0.3, -0.25) is 9.13 Å². The van der Waals surface area contributed by atoms with Gasteiger partial charge in [0.05, 0.1) is 19.3 Å². The van der Waals surface area contributed by atoms with Gasteiger partial charge in [-0.15, -0.1) is 5.10 Å². The van der Waals surface area contributed by atoms with E-state index in [1.54, 1.807) is 11.7 Å². The van der Waals surface area contributed by atoms with E-state index in [1.807, 2.05) is 41.1 Å². The number of imidazole rings is 1. The van der Waals surface area contributed by atoms with Crippen LogP contribution in [-0.4, -0.2) is 36.9 Å². The van der Waals surface area contributed by atoms with Crippen LogP contribution in [0, 0.1) is 0 Å². The van der Waals surface area contributed by atoms with Gasteiger partial charge >= 0.3 is 5.69 Å². The summed E-state index contributed by atoms with van der Waals surface area (Å²) in [5.74, 6) is 1.34. The molecule has 0 saturated heterocycles. The lowest BCUT2D eigenvalue weighted by Crippen LogP contribution is -2.25. The van der Waals surface area contributed by atoms with Gasteiger partial charge in [-0.25, -0.2) is 9.89 Å². The van der Waals surface area contributed by atoms with E-state index in [-0.39, 0.29) is 5.69 Å². The molecule has 8 heteroatoms. The Hall–Kier alpha value is -4.46. The standard InChI is InChI=1S/C31H34N6O2/c1-4-6-12-25-21-37(29-24(10-5-2)11-9-15-28(29)39-3)31(38)36(25)20-22-16-18-23(19-17-22)26-13-7-8-14-27(26)30-32-34-35-33-30/h7-9,11,13-19,21H,4-6,10,12,20H2,1-3H3,(H,32,33,34,35). The van der Waals surface area contributed by atoms with Crippen LogP contribution in [0.1, 0.15) is 49.9 Å². The second-order valence-corrected chi connectivity index (χ2v) is 9.67. The van der Waals surface area contributed by atoms with Gasteiger partial charge in [-0.1, -0.05) is 87.4 Å². The molecule has 0 aliphatic heterocycles. The molecule has 2 heterocycles. The number of unbranched alkanes of at least 4 members (excludes halogenated alkanes) is 1. The fourth-order valence-electron chi connectivity index (χ4n) is 5.08. The van der Waals surface area contributed by atoms with Crippen LogP contribution in [0.25, 0.3) is 28.2 Å². The summed E-state index contributed by atoms with van der Waals surface area (Å²) in [5.41, 5.74) is 7.03. The number of ether oxygens (including phenoxy) is 1. The van der Waals surface area contributed by atoms with Crippen molar-refractivity contribution in [2.75, 3.05) is 7.11 Å². The largest absolute Gasteiger partial charge is 0.495 e. The van der Waals surface area contributed by atoms with Crippen molar-refractivity contribution in [2.24, 2.45) is 0 Å². The zero-order chi connectivity index (χ0) is 27.2. The maximum Gasteiger partial charge on any atom is 0.333 e. The summed E-state index contributed by atoms with van der Waals surface area (Å²) in [5, 5.41) is 14.4. The maximum absolute atomic E-state index is 13.9. The molecule has 2 aromatic heterocycles. The number of H-pyrrole nitrogens is 1. The zero-order valence-electron chi connectivity index (χ0n) is 22.7. The number of tetrazole rings is 1. The number of para-hydroxylation sites is 1. The molecule has 0 radical (unpaired) electrons. The summed E-state index contributed by atoms with van der Waals surface area (Å²) >= 11 is 0. The fraction of sp³-hybridized carbons (Fsp3) is 0.290. The third kappa shape index (κ3) is 5.41. The Morgan fingerprint density at radius 1 is 0.897 bits per heavy atom. The van der Waals surface area contributed by atoms with Crippen molar-refractivity contribution in [3.8, 4) is 34.0 Å². The predicted octanol–water partition coefficient (Wildman–Crippen LogP) is 5.84. The molecule has 5 rings (SSSR count). The van der Waals surface area contributed by atoms with Crippen molar-refractivity contribution in [3.63, 3.8) is 0 Å². The first-order valence-corrected chi connectivity index (χ1v) is 13.5. The van der Waals surface area contributed by atoms with Crippen LogP contribution in [-0.2, 0) is 19.4 Å². The van der Waals surface area contributed by atoms with Crippen molar-refractivity contribution >= 4 is 0 Å². The van der Waals surface area contributed by atoms with E-state index in [0.717, 1.165) is 71.3 Å². The summed E-state index contributed by atoms with van der Waals surface area (Å²) in [7, 11) is 1.66. The number of rotatable bonds is 11. The van der Waals surface area contributed by atoms with Gasteiger partial charge in [-0.2, -0.15) is 0 Å². The van der Waals surface area contributed by atoms with Crippen LogP contribution in [0.2, 0.25) is 0 Å². The second kappa shape index (κ2) is 11.9. The van der Waals surface area contributed by atoms with E-state index in [4.69, 9.17) is 4.74 Å². The number of nitrogens with zero attached hydrogens (tertiary/aromatic N) is 5. The van der Waals surface area contributed by atoms with Crippen LogP contribution < -0.4 is 10.4 Å². The van der Waals surface area contributed by atoms with E-state index in [0.29, 0.717) is 18.1 Å². The highest BCUT2D eigenvalue weighted by Crippen LogP contribution is 2.30. The predicted molar refractivity (Wildman–Crippen MR) is 153 cm³/mol. The fourth-order valence-corrected chi connectivity index (χ4v) is 5.08. The molecule has 0 unspecified atom stereocenters. The Morgan fingerprint density at radius 2 is 1.69 bits per heavy atom. The maximum atomic E-state index is 13.9. The van der Waals surface area contributed by atoms with Crippen LogP contribution >= 0.6 is 0 Å². The molecule has 5 aromatic rings. The molecular weight excluding hydrogens is 488 g/mol. The van der Waals surface area contributed by atoms with Gasteiger partial charge in [0.15, 0.2) is 5.82 Å². The van der Waals surface area contributed by atoms with Gasteiger partial charge in [0, 0.05) is 17.5 Å². The normalized spacial score (nSPS) is 11.2. The highest BCUT2D eigenvalue weighted by molar-refractivity contribution is 5.80. The smallest absolute Gasteiger partial charge is 0.333 e. The monoisotopic (exact) mass is 522 g/mol. The summed E-state index contributed by atoms with van der Waals surface area (Å²) in [4.78, 5) is 13.9. The van der Waals surface area contributed by atoms with Crippen molar-refractivity contribution in [1.82, 2.24) is 29.8 Å². The molecular formula is C31H34N6O2. The number of aromatic nitrogens is 6. The zero-order valence-corrected chi connectivity index (χ0v) is 22.7. The summed E-state index contributed by atoms with van der Waals surface area (Å²) in [6.45, 7) is 4.82. The Morgan fingerprint density at radius 3 is 2.38 bits per heavy atom. The Labute approximate surface area is 228 Å². The highest BCUT2D eigenvalue weighted by atomic mass is 16.5. The van der Waals surface area contributed by atoms with Gasteiger partial charge in [0.25, 0.3) is 0 Å². The summed E-state index contributed by atoms with van der Waals surface area (Å²) < 4.78 is 9.38. The van der Waals surface area contributed by atoms with E-state index < -0.39 is 0 Å². The van der Waals surface area contributed by atoms with Gasteiger partial charge in [0.1, 0.15) is 5.75 Å². The van der Waals surface area contributed by atoms with Gasteiger partial charge in [0.2, 0.25) is 0 Å². The van der Waals surface area contributed by atoms with Gasteiger partial charge < -0.3 is 4.74 Å². The lowest BCUT2D eigenvalue weighted by Gasteiger charge is -2.13. The Kier molecular flexibility index (Phi) is 8.01. The number of aromatic amines is 1. The van der Waals surface area contributed by atoms with Crippen LogP contribution in [0.15, 0.2) is 77.7 Å². The first-order valence-electron chi connectivity index (χ1n) is 13.5. The Bertz CT molecular complexity index is 1580. The quantitative estimate of drug-likeness (QED) is 0.235. The minimum Gasteiger partial charge on any atom is -0.495 e. The topological polar surface area (TPSA) is 90.6 Å². The molecule has 0 saturated carbocycles. The first kappa shape index (κ1) is 26.2. The second-order valence-electron chi connectivity index (χ2n) is 9.67. The molecule has 0 aliphatic rings. The summed E-state index contributed by atoms with van der Waals surface area (Å²) in [6.07, 6.45) is 6.79. The van der Waals surface area contributed by atoms with E-state index in [1.165, 1.54) is 0 Å². The highest BCUT2D eigenvalue weighted by Gasteiger charge is 2.19. The Balaban J connectivity index is 1.51. The number of aryl methyl sites for hydroxylation is 2. The van der Waals surface area contributed by atoms with Crippen molar-refractivity contribution in [3.05, 3.63) is 100 Å². The average Bonchev–Trinajstić information content (AvgIpc) is 3.61. The minimum atomic E-state index is -0.0461. The van der Waals surface area contributed by atoms with Crippen LogP contribution in [0.3, 0.4) is 0 Å². The molecule has 39 heavy (non-hydrogen) atoms.